The van der Waals surface area contributed by atoms with Crippen LogP contribution in [0.4, 0.5) is 0 Å². The lowest BCUT2D eigenvalue weighted by Crippen LogP contribution is -2.73. The van der Waals surface area contributed by atoms with E-state index in [1.165, 1.54) is 24.8 Å². The molecule has 142 valence electrons. The number of nitrogens with zero attached hydrogens (tertiary/aromatic N) is 1. The van der Waals surface area contributed by atoms with Crippen molar-refractivity contribution in [3.63, 3.8) is 0 Å². The Morgan fingerprint density at radius 3 is 2.81 bits per heavy atom. The van der Waals surface area contributed by atoms with Gasteiger partial charge in [0.15, 0.2) is 11.5 Å². The molecule has 5 rings (SSSR count). The maximum absolute atomic E-state index is 11.9. The van der Waals surface area contributed by atoms with Crippen molar-refractivity contribution in [1.82, 2.24) is 4.90 Å². The maximum Gasteiger partial charge on any atom is 0.165 e. The second-order valence-corrected chi connectivity index (χ2v) is 9.22. The van der Waals surface area contributed by atoms with Gasteiger partial charge >= 0.3 is 0 Å². The molecule has 0 radical (unpaired) electrons. The molecule has 0 unspecified atom stereocenters. The molecule has 1 aromatic rings. The van der Waals surface area contributed by atoms with Crippen LogP contribution in [-0.4, -0.2) is 45.9 Å². The van der Waals surface area contributed by atoms with Crippen molar-refractivity contribution in [1.29, 1.82) is 0 Å². The van der Waals surface area contributed by atoms with E-state index < -0.39 is 5.60 Å². The quantitative estimate of drug-likeness (QED) is 0.867. The molecule has 4 aliphatic rings. The Balaban J connectivity index is 1.62. The summed E-state index contributed by atoms with van der Waals surface area (Å²) in [6.07, 6.45) is 7.70. The van der Waals surface area contributed by atoms with Crippen LogP contribution in [0.2, 0.25) is 0 Å². The van der Waals surface area contributed by atoms with Gasteiger partial charge in [0.2, 0.25) is 0 Å². The number of fused-ring (bicyclic) bond motifs is 1. The molecule has 2 fully saturated rings. The number of rotatable bonds is 4. The first-order valence-electron chi connectivity index (χ1n) is 10.5. The predicted molar refractivity (Wildman–Crippen MR) is 101 cm³/mol. The summed E-state index contributed by atoms with van der Waals surface area (Å²) in [5.41, 5.74) is 1.17. The molecule has 1 aromatic carbocycles. The minimum atomic E-state index is -0.832. The standard InChI is InChI=1S/C22H31NO3/c1-3-5-18-22-10-11-23(13-14-6-4-7-14)17(21(22,2)25)12-15-8-9-16(24)20(26-18)19(15)22/h8-9,14,17-18,24-25H,3-7,10-13H2,1-2H3/t17-,18+,21-,22-/m1/s1. The summed E-state index contributed by atoms with van der Waals surface area (Å²) < 4.78 is 6.33. The summed E-state index contributed by atoms with van der Waals surface area (Å²) in [4.78, 5) is 2.56. The summed E-state index contributed by atoms with van der Waals surface area (Å²) >= 11 is 0. The van der Waals surface area contributed by atoms with E-state index in [0.29, 0.717) is 5.75 Å². The van der Waals surface area contributed by atoms with Crippen molar-refractivity contribution in [2.24, 2.45) is 5.92 Å². The van der Waals surface area contributed by atoms with E-state index in [4.69, 9.17) is 4.74 Å². The smallest absolute Gasteiger partial charge is 0.165 e. The Morgan fingerprint density at radius 1 is 1.31 bits per heavy atom. The summed E-state index contributed by atoms with van der Waals surface area (Å²) in [6, 6.07) is 3.99. The lowest BCUT2D eigenvalue weighted by molar-refractivity contribution is -0.158. The SMILES string of the molecule is CCC[C@@H]1Oc2c(O)ccc3c2[C@@]12CCN(CC1CCC1)[C@H](C3)[C@@]2(C)O. The highest BCUT2D eigenvalue weighted by molar-refractivity contribution is 5.61. The fourth-order valence-corrected chi connectivity index (χ4v) is 6.37. The normalized spacial score (nSPS) is 38.6. The molecule has 1 saturated heterocycles. The number of hydrogen-bond donors (Lipinski definition) is 2. The third-order valence-corrected chi connectivity index (χ3v) is 7.95. The highest BCUT2D eigenvalue weighted by Gasteiger charge is 2.67. The zero-order valence-electron chi connectivity index (χ0n) is 16.0. The molecule has 0 amide bonds. The molecular formula is C22H31NO3. The van der Waals surface area contributed by atoms with E-state index in [-0.39, 0.29) is 23.3 Å². The molecule has 4 atom stereocenters. The van der Waals surface area contributed by atoms with Gasteiger partial charge in [-0.05, 0) is 63.1 Å². The van der Waals surface area contributed by atoms with Crippen LogP contribution in [0, 0.1) is 5.92 Å². The van der Waals surface area contributed by atoms with Crippen LogP contribution in [-0.2, 0) is 11.8 Å². The zero-order valence-corrected chi connectivity index (χ0v) is 16.0. The minimum Gasteiger partial charge on any atom is -0.504 e. The van der Waals surface area contributed by atoms with E-state index in [1.807, 2.05) is 6.92 Å². The molecule has 26 heavy (non-hydrogen) atoms. The first-order valence-corrected chi connectivity index (χ1v) is 10.5. The molecule has 2 aliphatic heterocycles. The fraction of sp³-hybridized carbons (Fsp3) is 0.727. The number of phenolic OH excluding ortho intramolecular Hbond substituents is 1. The van der Waals surface area contributed by atoms with Crippen molar-refractivity contribution >= 4 is 0 Å². The van der Waals surface area contributed by atoms with Crippen LogP contribution in [0.1, 0.15) is 63.5 Å². The zero-order chi connectivity index (χ0) is 18.1. The van der Waals surface area contributed by atoms with E-state index in [2.05, 4.69) is 17.9 Å². The molecule has 4 heteroatoms. The van der Waals surface area contributed by atoms with Crippen molar-refractivity contribution in [2.75, 3.05) is 13.1 Å². The van der Waals surface area contributed by atoms with Crippen LogP contribution in [0.5, 0.6) is 11.5 Å². The Morgan fingerprint density at radius 2 is 2.12 bits per heavy atom. The van der Waals surface area contributed by atoms with Gasteiger partial charge in [-0.25, -0.2) is 0 Å². The Bertz CT molecular complexity index is 726. The first kappa shape index (κ1) is 16.9. The molecule has 0 aromatic heterocycles. The average molecular weight is 357 g/mol. The van der Waals surface area contributed by atoms with Gasteiger partial charge in [0.25, 0.3) is 0 Å². The molecule has 1 spiro atoms. The maximum atomic E-state index is 11.9. The van der Waals surface area contributed by atoms with Gasteiger partial charge in [-0.3, -0.25) is 4.90 Å². The van der Waals surface area contributed by atoms with Crippen LogP contribution in [0.25, 0.3) is 0 Å². The average Bonchev–Trinajstić information content (AvgIpc) is 2.88. The lowest BCUT2D eigenvalue weighted by atomic mass is 9.53. The first-order chi connectivity index (χ1) is 12.5. The van der Waals surface area contributed by atoms with Crippen LogP contribution in [0.15, 0.2) is 12.1 Å². The number of ether oxygens (including phenoxy) is 1. The molecule has 2 heterocycles. The molecule has 4 nitrogen and oxygen atoms in total. The summed E-state index contributed by atoms with van der Waals surface area (Å²) in [6.45, 7) is 6.36. The van der Waals surface area contributed by atoms with Gasteiger partial charge < -0.3 is 14.9 Å². The lowest BCUT2D eigenvalue weighted by Gasteiger charge is -2.60. The Kier molecular flexibility index (Phi) is 3.65. The number of hydrogen-bond acceptors (Lipinski definition) is 4. The van der Waals surface area contributed by atoms with Gasteiger partial charge in [-0.2, -0.15) is 0 Å². The highest BCUT2D eigenvalue weighted by Crippen LogP contribution is 2.62. The Labute approximate surface area is 156 Å². The Hall–Kier alpha value is -1.26. The monoisotopic (exact) mass is 357 g/mol. The molecule has 2 bridgehead atoms. The number of aliphatic hydroxyl groups is 1. The van der Waals surface area contributed by atoms with Gasteiger partial charge in [0.05, 0.1) is 11.0 Å². The second-order valence-electron chi connectivity index (χ2n) is 9.22. The van der Waals surface area contributed by atoms with E-state index >= 15 is 0 Å². The predicted octanol–water partition coefficient (Wildman–Crippen LogP) is 3.37. The summed E-state index contributed by atoms with van der Waals surface area (Å²) in [7, 11) is 0. The third-order valence-electron chi connectivity index (χ3n) is 7.95. The molecule has 2 N–H and O–H groups in total. The van der Waals surface area contributed by atoms with Gasteiger partial charge in [-0.1, -0.05) is 25.8 Å². The molecular weight excluding hydrogens is 326 g/mol. The van der Waals surface area contributed by atoms with Crippen molar-refractivity contribution < 1.29 is 14.9 Å². The van der Waals surface area contributed by atoms with E-state index in [1.54, 1.807) is 6.07 Å². The van der Waals surface area contributed by atoms with E-state index in [9.17, 15) is 10.2 Å². The largest absolute Gasteiger partial charge is 0.504 e. The van der Waals surface area contributed by atoms with Crippen LogP contribution < -0.4 is 4.74 Å². The van der Waals surface area contributed by atoms with Crippen LogP contribution in [0.3, 0.4) is 0 Å². The van der Waals surface area contributed by atoms with Crippen molar-refractivity contribution in [3.05, 3.63) is 23.3 Å². The second kappa shape index (κ2) is 5.62. The minimum absolute atomic E-state index is 0.0433. The number of aromatic hydroxyl groups is 1. The van der Waals surface area contributed by atoms with E-state index in [0.717, 1.165) is 50.3 Å². The van der Waals surface area contributed by atoms with Crippen molar-refractivity contribution in [3.8, 4) is 11.5 Å². The summed E-state index contributed by atoms with van der Waals surface area (Å²) in [5.74, 6) is 1.68. The van der Waals surface area contributed by atoms with Gasteiger partial charge in [0, 0.05) is 18.2 Å². The number of likely N-dealkylation sites (tertiary alicyclic amines) is 1. The summed E-state index contributed by atoms with van der Waals surface area (Å²) in [5, 5.41) is 22.4. The van der Waals surface area contributed by atoms with Gasteiger partial charge in [0.1, 0.15) is 6.10 Å². The highest BCUT2D eigenvalue weighted by atomic mass is 16.5. The topological polar surface area (TPSA) is 52.9 Å². The van der Waals surface area contributed by atoms with Gasteiger partial charge in [-0.15, -0.1) is 0 Å². The number of piperidine rings is 1. The van der Waals surface area contributed by atoms with Crippen molar-refractivity contribution in [2.45, 2.75) is 82.0 Å². The fourth-order valence-electron chi connectivity index (χ4n) is 6.37. The molecule has 1 saturated carbocycles. The number of phenols is 1. The number of benzene rings is 1. The third kappa shape index (κ3) is 1.98. The molecule has 2 aliphatic carbocycles. The van der Waals surface area contributed by atoms with Crippen LogP contribution >= 0.6 is 0 Å².